The minimum absolute atomic E-state index is 0.405. The SMILES string of the molecule is CC(C)(O)CN1CCOCC(O)C1. The molecule has 0 aromatic carbocycles. The largest absolute Gasteiger partial charge is 0.389 e. The highest BCUT2D eigenvalue weighted by Crippen LogP contribution is 2.07. The summed E-state index contributed by atoms with van der Waals surface area (Å²) in [6.07, 6.45) is -0.426. The zero-order chi connectivity index (χ0) is 9.90. The molecule has 0 saturated carbocycles. The van der Waals surface area contributed by atoms with Gasteiger partial charge in [-0.1, -0.05) is 0 Å². The standard InChI is InChI=1S/C9H19NO3/c1-9(2,12)7-10-3-4-13-6-8(11)5-10/h8,11-12H,3-7H2,1-2H3. The monoisotopic (exact) mass is 189 g/mol. The van der Waals surface area contributed by atoms with Gasteiger partial charge < -0.3 is 14.9 Å². The average Bonchev–Trinajstić information content (AvgIpc) is 2.10. The summed E-state index contributed by atoms with van der Waals surface area (Å²) in [5.41, 5.74) is -0.704. The van der Waals surface area contributed by atoms with Crippen molar-refractivity contribution < 1.29 is 14.9 Å². The third-order valence-electron chi connectivity index (χ3n) is 1.94. The van der Waals surface area contributed by atoms with Gasteiger partial charge in [-0.25, -0.2) is 0 Å². The Morgan fingerprint density at radius 3 is 2.85 bits per heavy atom. The first-order chi connectivity index (χ1) is 5.97. The van der Waals surface area contributed by atoms with E-state index in [1.165, 1.54) is 0 Å². The molecule has 1 atom stereocenters. The van der Waals surface area contributed by atoms with Crippen molar-refractivity contribution in [2.24, 2.45) is 0 Å². The Kier molecular flexibility index (Phi) is 3.67. The van der Waals surface area contributed by atoms with E-state index >= 15 is 0 Å². The van der Waals surface area contributed by atoms with Crippen molar-refractivity contribution in [2.75, 3.05) is 32.8 Å². The van der Waals surface area contributed by atoms with E-state index in [1.54, 1.807) is 13.8 Å². The first kappa shape index (κ1) is 10.9. The number of ether oxygens (including phenoxy) is 1. The number of aliphatic hydroxyl groups is 2. The fraction of sp³-hybridized carbons (Fsp3) is 1.00. The van der Waals surface area contributed by atoms with Crippen molar-refractivity contribution in [3.63, 3.8) is 0 Å². The van der Waals surface area contributed by atoms with E-state index in [2.05, 4.69) is 0 Å². The van der Waals surface area contributed by atoms with Gasteiger partial charge in [0.15, 0.2) is 0 Å². The van der Waals surface area contributed by atoms with E-state index in [9.17, 15) is 10.2 Å². The van der Waals surface area contributed by atoms with Gasteiger partial charge in [0.05, 0.1) is 24.9 Å². The lowest BCUT2D eigenvalue weighted by Crippen LogP contribution is -2.42. The summed E-state index contributed by atoms with van der Waals surface area (Å²) in [6.45, 7) is 6.52. The maximum Gasteiger partial charge on any atom is 0.0900 e. The molecule has 4 nitrogen and oxygen atoms in total. The summed E-state index contributed by atoms with van der Waals surface area (Å²) >= 11 is 0. The summed E-state index contributed by atoms with van der Waals surface area (Å²) in [5.74, 6) is 0. The minimum atomic E-state index is -0.704. The van der Waals surface area contributed by atoms with Gasteiger partial charge in [0.2, 0.25) is 0 Å². The summed E-state index contributed by atoms with van der Waals surface area (Å²) in [7, 11) is 0. The number of rotatable bonds is 2. The Labute approximate surface area is 79.1 Å². The highest BCUT2D eigenvalue weighted by atomic mass is 16.5. The molecular formula is C9H19NO3. The fourth-order valence-electron chi connectivity index (χ4n) is 1.55. The van der Waals surface area contributed by atoms with Crippen LogP contribution in [0.1, 0.15) is 13.8 Å². The van der Waals surface area contributed by atoms with Crippen LogP contribution in [-0.4, -0.2) is 59.7 Å². The average molecular weight is 189 g/mol. The van der Waals surface area contributed by atoms with Gasteiger partial charge in [-0.3, -0.25) is 4.90 Å². The Bertz CT molecular complexity index is 155. The van der Waals surface area contributed by atoms with Gasteiger partial charge in [-0.05, 0) is 13.8 Å². The molecule has 2 N–H and O–H groups in total. The number of β-amino-alcohol motifs (C(OH)–C–C–N with tert-alkyl or cyclic N) is 2. The first-order valence-electron chi connectivity index (χ1n) is 4.68. The number of nitrogens with zero attached hydrogens (tertiary/aromatic N) is 1. The molecule has 1 saturated heterocycles. The lowest BCUT2D eigenvalue weighted by atomic mass is 10.1. The molecule has 0 bridgehead atoms. The Balaban J connectivity index is 2.39. The molecule has 1 fully saturated rings. The van der Waals surface area contributed by atoms with Gasteiger partial charge in [-0.15, -0.1) is 0 Å². The summed E-state index contributed by atoms with van der Waals surface area (Å²) in [4.78, 5) is 2.03. The molecule has 0 aromatic heterocycles. The van der Waals surface area contributed by atoms with Crippen LogP contribution in [0.5, 0.6) is 0 Å². The summed E-state index contributed by atoms with van der Waals surface area (Å²) < 4.78 is 5.18. The van der Waals surface area contributed by atoms with Crippen LogP contribution in [0.15, 0.2) is 0 Å². The molecule has 1 heterocycles. The molecular weight excluding hydrogens is 170 g/mol. The third kappa shape index (κ3) is 4.57. The number of hydrogen-bond donors (Lipinski definition) is 2. The quantitative estimate of drug-likeness (QED) is 0.612. The van der Waals surface area contributed by atoms with E-state index in [4.69, 9.17) is 4.74 Å². The smallest absolute Gasteiger partial charge is 0.0900 e. The van der Waals surface area contributed by atoms with Crippen molar-refractivity contribution in [2.45, 2.75) is 25.6 Å². The topological polar surface area (TPSA) is 52.9 Å². The maximum absolute atomic E-state index is 9.58. The van der Waals surface area contributed by atoms with Crippen molar-refractivity contribution in [1.82, 2.24) is 4.90 Å². The molecule has 4 heteroatoms. The molecule has 13 heavy (non-hydrogen) atoms. The second-order valence-electron chi connectivity index (χ2n) is 4.28. The van der Waals surface area contributed by atoms with E-state index in [-0.39, 0.29) is 0 Å². The van der Waals surface area contributed by atoms with Crippen molar-refractivity contribution in [3.8, 4) is 0 Å². The summed E-state index contributed by atoms with van der Waals surface area (Å²) in [5, 5.41) is 19.0. The van der Waals surface area contributed by atoms with Crippen LogP contribution in [0.4, 0.5) is 0 Å². The number of aliphatic hydroxyl groups excluding tert-OH is 1. The zero-order valence-electron chi connectivity index (χ0n) is 8.36. The lowest BCUT2D eigenvalue weighted by Gasteiger charge is -2.28. The van der Waals surface area contributed by atoms with Gasteiger partial charge in [0, 0.05) is 19.6 Å². The zero-order valence-corrected chi connectivity index (χ0v) is 8.36. The lowest BCUT2D eigenvalue weighted by molar-refractivity contribution is 0.0242. The highest BCUT2D eigenvalue weighted by molar-refractivity contribution is 4.75. The van der Waals surface area contributed by atoms with Gasteiger partial charge in [0.25, 0.3) is 0 Å². The first-order valence-corrected chi connectivity index (χ1v) is 4.68. The van der Waals surface area contributed by atoms with Crippen LogP contribution in [0.25, 0.3) is 0 Å². The Morgan fingerprint density at radius 2 is 2.23 bits per heavy atom. The predicted octanol–water partition coefficient (Wildman–Crippen LogP) is -0.550. The molecule has 0 aliphatic carbocycles. The summed E-state index contributed by atoms with van der Waals surface area (Å²) in [6, 6.07) is 0. The van der Waals surface area contributed by atoms with Crippen molar-refractivity contribution in [3.05, 3.63) is 0 Å². The third-order valence-corrected chi connectivity index (χ3v) is 1.94. The molecule has 0 amide bonds. The van der Waals surface area contributed by atoms with Crippen molar-refractivity contribution in [1.29, 1.82) is 0 Å². The second kappa shape index (κ2) is 4.37. The molecule has 1 aliphatic heterocycles. The van der Waals surface area contributed by atoms with E-state index in [0.29, 0.717) is 26.3 Å². The van der Waals surface area contributed by atoms with Gasteiger partial charge in [-0.2, -0.15) is 0 Å². The maximum atomic E-state index is 9.58. The number of hydrogen-bond acceptors (Lipinski definition) is 4. The van der Waals surface area contributed by atoms with Crippen LogP contribution < -0.4 is 0 Å². The van der Waals surface area contributed by atoms with Crippen LogP contribution in [0, 0.1) is 0 Å². The van der Waals surface area contributed by atoms with Crippen LogP contribution in [-0.2, 0) is 4.74 Å². The molecule has 78 valence electrons. The van der Waals surface area contributed by atoms with Crippen LogP contribution >= 0.6 is 0 Å². The van der Waals surface area contributed by atoms with E-state index in [0.717, 1.165) is 6.54 Å². The van der Waals surface area contributed by atoms with E-state index in [1.807, 2.05) is 4.90 Å². The Hall–Kier alpha value is -0.160. The predicted molar refractivity (Wildman–Crippen MR) is 49.6 cm³/mol. The normalized spacial score (nSPS) is 27.2. The van der Waals surface area contributed by atoms with Gasteiger partial charge >= 0.3 is 0 Å². The second-order valence-corrected chi connectivity index (χ2v) is 4.28. The fourth-order valence-corrected chi connectivity index (χ4v) is 1.55. The van der Waals surface area contributed by atoms with Crippen LogP contribution in [0.3, 0.4) is 0 Å². The van der Waals surface area contributed by atoms with E-state index < -0.39 is 11.7 Å². The molecule has 1 rings (SSSR count). The highest BCUT2D eigenvalue weighted by Gasteiger charge is 2.22. The minimum Gasteiger partial charge on any atom is -0.389 e. The molecule has 0 radical (unpaired) electrons. The van der Waals surface area contributed by atoms with Gasteiger partial charge in [0.1, 0.15) is 0 Å². The molecule has 0 aromatic rings. The molecule has 1 unspecified atom stereocenters. The van der Waals surface area contributed by atoms with Crippen molar-refractivity contribution >= 4 is 0 Å². The molecule has 0 spiro atoms. The van der Waals surface area contributed by atoms with Crippen LogP contribution in [0.2, 0.25) is 0 Å². The molecule has 1 aliphatic rings. The Morgan fingerprint density at radius 1 is 1.54 bits per heavy atom.